The molecule has 3 aromatic rings. The van der Waals surface area contributed by atoms with Crippen LogP contribution in [0.3, 0.4) is 0 Å². The van der Waals surface area contributed by atoms with Crippen LogP contribution in [-0.4, -0.2) is 28.8 Å². The van der Waals surface area contributed by atoms with Crippen molar-refractivity contribution in [1.82, 2.24) is 10.2 Å². The third-order valence-electron chi connectivity index (χ3n) is 6.21. The van der Waals surface area contributed by atoms with Crippen molar-refractivity contribution < 1.29 is 14.0 Å². The monoisotopic (exact) mass is 474 g/mol. The van der Waals surface area contributed by atoms with Crippen molar-refractivity contribution in [3.63, 3.8) is 0 Å². The molecule has 0 aliphatic heterocycles. The lowest BCUT2D eigenvalue weighted by Gasteiger charge is -2.32. The summed E-state index contributed by atoms with van der Waals surface area (Å²) < 4.78 is 14.7. The Kier molecular flexibility index (Phi) is 9.18. The Labute approximate surface area is 208 Å². The van der Waals surface area contributed by atoms with Gasteiger partial charge in [0.15, 0.2) is 0 Å². The first-order valence-electron chi connectivity index (χ1n) is 12.2. The van der Waals surface area contributed by atoms with Crippen molar-refractivity contribution in [2.75, 3.05) is 0 Å². The van der Waals surface area contributed by atoms with E-state index in [1.165, 1.54) is 6.07 Å². The first kappa shape index (κ1) is 26.1. The summed E-state index contributed by atoms with van der Waals surface area (Å²) in [6, 6.07) is 21.3. The number of hydrogen-bond donors (Lipinski definition) is 1. The second-order valence-electron chi connectivity index (χ2n) is 9.31. The summed E-state index contributed by atoms with van der Waals surface area (Å²) >= 11 is 0. The maximum absolute atomic E-state index is 14.7. The predicted octanol–water partition coefficient (Wildman–Crippen LogP) is 5.54. The lowest BCUT2D eigenvalue weighted by atomic mass is 10.00. The van der Waals surface area contributed by atoms with Crippen LogP contribution in [0.15, 0.2) is 72.8 Å². The number of carbonyl (C=O) groups is 2. The van der Waals surface area contributed by atoms with E-state index >= 15 is 0 Å². The van der Waals surface area contributed by atoms with Gasteiger partial charge in [-0.15, -0.1) is 0 Å². The molecule has 0 radical (unpaired) electrons. The normalized spacial score (nSPS) is 12.6. The molecule has 0 spiro atoms. The van der Waals surface area contributed by atoms with Crippen LogP contribution in [0.5, 0.6) is 0 Å². The van der Waals surface area contributed by atoms with Crippen LogP contribution in [0.2, 0.25) is 0 Å². The highest BCUT2D eigenvalue weighted by Crippen LogP contribution is 2.19. The Morgan fingerprint density at radius 2 is 1.54 bits per heavy atom. The van der Waals surface area contributed by atoms with E-state index in [2.05, 4.69) is 11.4 Å². The number of halogens is 1. The van der Waals surface area contributed by atoms with E-state index in [9.17, 15) is 14.0 Å². The zero-order valence-electron chi connectivity index (χ0n) is 21.1. The van der Waals surface area contributed by atoms with Gasteiger partial charge < -0.3 is 10.2 Å². The maximum Gasteiger partial charge on any atom is 0.243 e. The van der Waals surface area contributed by atoms with Gasteiger partial charge in [-0.05, 0) is 44.4 Å². The maximum atomic E-state index is 14.7. The van der Waals surface area contributed by atoms with Crippen molar-refractivity contribution in [3.05, 3.63) is 106 Å². The van der Waals surface area contributed by atoms with E-state index < -0.39 is 11.9 Å². The number of hydrogen-bond acceptors (Lipinski definition) is 2. The molecule has 2 atom stereocenters. The number of aryl methyl sites for hydroxylation is 2. The number of amides is 2. The minimum Gasteiger partial charge on any atom is -0.352 e. The van der Waals surface area contributed by atoms with E-state index in [0.29, 0.717) is 12.0 Å². The molecule has 0 saturated carbocycles. The van der Waals surface area contributed by atoms with E-state index in [0.717, 1.165) is 28.7 Å². The highest BCUT2D eigenvalue weighted by molar-refractivity contribution is 5.89. The van der Waals surface area contributed by atoms with Crippen molar-refractivity contribution in [3.8, 4) is 0 Å². The van der Waals surface area contributed by atoms with Crippen LogP contribution in [0.1, 0.15) is 48.1 Å². The van der Waals surface area contributed by atoms with E-state index in [1.807, 2.05) is 70.2 Å². The topological polar surface area (TPSA) is 49.4 Å². The van der Waals surface area contributed by atoms with Crippen molar-refractivity contribution in [2.45, 2.75) is 65.6 Å². The van der Waals surface area contributed by atoms with Gasteiger partial charge in [-0.3, -0.25) is 9.59 Å². The smallest absolute Gasteiger partial charge is 0.243 e. The lowest BCUT2D eigenvalue weighted by Crippen LogP contribution is -2.52. The third-order valence-corrected chi connectivity index (χ3v) is 6.21. The molecule has 0 aliphatic rings. The summed E-state index contributed by atoms with van der Waals surface area (Å²) in [5, 5.41) is 3.04. The highest BCUT2D eigenvalue weighted by Gasteiger charge is 2.31. The number of nitrogens with one attached hydrogen (secondary N) is 1. The average Bonchev–Trinajstić information content (AvgIpc) is 2.82. The first-order valence-corrected chi connectivity index (χ1v) is 12.2. The molecule has 0 saturated heterocycles. The summed E-state index contributed by atoms with van der Waals surface area (Å²) in [7, 11) is 0. The summed E-state index contributed by atoms with van der Waals surface area (Å²) in [5.74, 6) is -0.829. The summed E-state index contributed by atoms with van der Waals surface area (Å²) in [4.78, 5) is 28.8. The standard InChI is InChI=1S/C30H35FN2O2/c1-5-23(4)32-30(35)28(18-24-11-7-6-8-12-24)33(20-26-13-9-10-14-27(26)31)29(34)19-25-16-21(2)15-22(3)17-25/h6-17,23,28H,5,18-20H2,1-4H3,(H,32,35)/t23-,28+/m0/s1. The molecule has 3 rings (SSSR count). The fraction of sp³-hybridized carbons (Fsp3) is 0.333. The van der Waals surface area contributed by atoms with Gasteiger partial charge in [-0.2, -0.15) is 0 Å². The summed E-state index contributed by atoms with van der Waals surface area (Å²) in [5.41, 5.74) is 4.35. The second-order valence-corrected chi connectivity index (χ2v) is 9.31. The van der Waals surface area contributed by atoms with Crippen molar-refractivity contribution in [1.29, 1.82) is 0 Å². The molecule has 0 unspecified atom stereocenters. The van der Waals surface area contributed by atoms with Crippen LogP contribution in [0.4, 0.5) is 4.39 Å². The molecule has 35 heavy (non-hydrogen) atoms. The Hall–Kier alpha value is -3.47. The molecule has 0 fully saturated rings. The van der Waals surface area contributed by atoms with Crippen molar-refractivity contribution >= 4 is 11.8 Å². The summed E-state index contributed by atoms with van der Waals surface area (Å²) in [6.45, 7) is 7.95. The quantitative estimate of drug-likeness (QED) is 0.419. The van der Waals surface area contributed by atoms with E-state index in [-0.39, 0.29) is 30.8 Å². The Bertz CT molecular complexity index is 1130. The largest absolute Gasteiger partial charge is 0.352 e. The zero-order chi connectivity index (χ0) is 25.4. The molecule has 1 N–H and O–H groups in total. The van der Waals surface area contributed by atoms with Crippen LogP contribution in [0, 0.1) is 19.7 Å². The SMILES string of the molecule is CC[C@H](C)NC(=O)[C@@H](Cc1ccccc1)N(Cc1ccccc1F)C(=O)Cc1cc(C)cc(C)c1. The number of nitrogens with zero attached hydrogens (tertiary/aromatic N) is 1. The molecule has 0 bridgehead atoms. The Morgan fingerprint density at radius 1 is 0.914 bits per heavy atom. The van der Waals surface area contributed by atoms with Gasteiger partial charge in [0, 0.05) is 24.6 Å². The minimum absolute atomic E-state index is 0.0156. The molecule has 3 aromatic carbocycles. The number of benzene rings is 3. The molecule has 0 aromatic heterocycles. The van der Waals surface area contributed by atoms with Gasteiger partial charge in [0.25, 0.3) is 0 Å². The molecule has 184 valence electrons. The molecule has 5 heteroatoms. The van der Waals surface area contributed by atoms with Crippen LogP contribution in [0.25, 0.3) is 0 Å². The van der Waals surface area contributed by atoms with Crippen LogP contribution in [-0.2, 0) is 29.0 Å². The Morgan fingerprint density at radius 3 is 2.17 bits per heavy atom. The highest BCUT2D eigenvalue weighted by atomic mass is 19.1. The van der Waals surface area contributed by atoms with Crippen LogP contribution < -0.4 is 5.32 Å². The molecular weight excluding hydrogens is 439 g/mol. The second kappa shape index (κ2) is 12.3. The molecule has 4 nitrogen and oxygen atoms in total. The fourth-order valence-electron chi connectivity index (χ4n) is 4.25. The van der Waals surface area contributed by atoms with E-state index in [4.69, 9.17) is 0 Å². The fourth-order valence-corrected chi connectivity index (χ4v) is 4.25. The predicted molar refractivity (Wildman–Crippen MR) is 138 cm³/mol. The van der Waals surface area contributed by atoms with Gasteiger partial charge >= 0.3 is 0 Å². The van der Waals surface area contributed by atoms with Gasteiger partial charge in [0.1, 0.15) is 11.9 Å². The van der Waals surface area contributed by atoms with Gasteiger partial charge in [0.2, 0.25) is 11.8 Å². The number of carbonyl (C=O) groups excluding carboxylic acids is 2. The van der Waals surface area contributed by atoms with Gasteiger partial charge in [-0.1, -0.05) is 84.8 Å². The van der Waals surface area contributed by atoms with Gasteiger partial charge in [0.05, 0.1) is 6.42 Å². The minimum atomic E-state index is -0.774. The van der Waals surface area contributed by atoms with E-state index in [1.54, 1.807) is 23.1 Å². The van der Waals surface area contributed by atoms with Crippen molar-refractivity contribution in [2.24, 2.45) is 0 Å². The molecule has 0 heterocycles. The Balaban J connectivity index is 2.00. The lowest BCUT2D eigenvalue weighted by molar-refractivity contribution is -0.141. The summed E-state index contributed by atoms with van der Waals surface area (Å²) in [6.07, 6.45) is 1.25. The van der Waals surface area contributed by atoms with Gasteiger partial charge in [-0.25, -0.2) is 4.39 Å². The average molecular weight is 475 g/mol. The molecular formula is C30H35FN2O2. The third kappa shape index (κ3) is 7.51. The number of rotatable bonds is 10. The first-order chi connectivity index (χ1) is 16.8. The molecule has 2 amide bonds. The van der Waals surface area contributed by atoms with Crippen LogP contribution >= 0.6 is 0 Å². The zero-order valence-corrected chi connectivity index (χ0v) is 21.1. The molecule has 0 aliphatic carbocycles.